The third-order valence-corrected chi connectivity index (χ3v) is 2.14. The molecule has 0 aliphatic heterocycles. The zero-order valence-corrected chi connectivity index (χ0v) is 8.38. The van der Waals surface area contributed by atoms with E-state index in [0.29, 0.717) is 6.42 Å². The fourth-order valence-corrected chi connectivity index (χ4v) is 1.14. The minimum absolute atomic E-state index is 0.156. The van der Waals surface area contributed by atoms with E-state index in [0.717, 1.165) is 6.07 Å². The van der Waals surface area contributed by atoms with Crippen LogP contribution in [0.2, 0.25) is 0 Å². The van der Waals surface area contributed by atoms with Crippen molar-refractivity contribution < 1.29 is 14.8 Å². The standard InChI is InChI=1S/C8H11N3O4/c1-3-5(2)10-6(8(12)13)4-7(9-10)11(14)15/h4-5H,3H2,1-2H3,(H,12,13). The van der Waals surface area contributed by atoms with Crippen molar-refractivity contribution in [2.75, 3.05) is 0 Å². The van der Waals surface area contributed by atoms with Crippen molar-refractivity contribution in [3.63, 3.8) is 0 Å². The Morgan fingerprint density at radius 3 is 2.80 bits per heavy atom. The van der Waals surface area contributed by atoms with Gasteiger partial charge in [-0.15, -0.1) is 0 Å². The first-order chi connectivity index (χ1) is 6.97. The molecule has 0 aliphatic rings. The number of hydrogen-bond acceptors (Lipinski definition) is 4. The summed E-state index contributed by atoms with van der Waals surface area (Å²) >= 11 is 0. The molecule has 0 radical (unpaired) electrons. The summed E-state index contributed by atoms with van der Waals surface area (Å²) in [4.78, 5) is 20.5. The average Bonchev–Trinajstić information content (AvgIpc) is 2.61. The number of nitrogens with zero attached hydrogens (tertiary/aromatic N) is 3. The van der Waals surface area contributed by atoms with Gasteiger partial charge in [-0.25, -0.2) is 4.79 Å². The Bertz CT molecular complexity index is 399. The third kappa shape index (κ3) is 2.12. The van der Waals surface area contributed by atoms with Gasteiger partial charge in [0.05, 0.1) is 17.2 Å². The molecule has 0 aromatic carbocycles. The molecule has 7 nitrogen and oxygen atoms in total. The maximum Gasteiger partial charge on any atom is 0.390 e. The molecule has 7 heteroatoms. The molecule has 0 saturated carbocycles. The first kappa shape index (κ1) is 11.2. The molecular formula is C8H11N3O4. The van der Waals surface area contributed by atoms with Crippen LogP contribution in [-0.2, 0) is 0 Å². The molecule has 1 atom stereocenters. The average molecular weight is 213 g/mol. The second-order valence-corrected chi connectivity index (χ2v) is 3.15. The lowest BCUT2D eigenvalue weighted by Crippen LogP contribution is -2.13. The Hall–Kier alpha value is -1.92. The summed E-state index contributed by atoms with van der Waals surface area (Å²) in [6.45, 7) is 3.60. The molecule has 0 amide bonds. The van der Waals surface area contributed by atoms with Crippen molar-refractivity contribution in [1.82, 2.24) is 9.78 Å². The van der Waals surface area contributed by atoms with E-state index < -0.39 is 16.7 Å². The molecular weight excluding hydrogens is 202 g/mol. The zero-order valence-electron chi connectivity index (χ0n) is 8.38. The number of aromatic carboxylic acids is 1. The number of hydrogen-bond donors (Lipinski definition) is 1. The molecule has 0 spiro atoms. The predicted octanol–water partition coefficient (Wildman–Crippen LogP) is 1.46. The summed E-state index contributed by atoms with van der Waals surface area (Å²) < 4.78 is 1.17. The smallest absolute Gasteiger partial charge is 0.390 e. The summed E-state index contributed by atoms with van der Waals surface area (Å²) in [6, 6.07) is 0.791. The molecule has 0 bridgehead atoms. The van der Waals surface area contributed by atoms with E-state index >= 15 is 0 Å². The van der Waals surface area contributed by atoms with Gasteiger partial charge in [0, 0.05) is 0 Å². The molecule has 82 valence electrons. The van der Waals surface area contributed by atoms with Gasteiger partial charge in [-0.3, -0.25) is 0 Å². The predicted molar refractivity (Wildman–Crippen MR) is 50.8 cm³/mol. The Morgan fingerprint density at radius 2 is 2.40 bits per heavy atom. The topological polar surface area (TPSA) is 98.3 Å². The van der Waals surface area contributed by atoms with Crippen molar-refractivity contribution >= 4 is 11.8 Å². The van der Waals surface area contributed by atoms with Crippen LogP contribution in [0, 0.1) is 10.1 Å². The van der Waals surface area contributed by atoms with Crippen molar-refractivity contribution in [1.29, 1.82) is 0 Å². The van der Waals surface area contributed by atoms with E-state index in [1.165, 1.54) is 4.68 Å². The number of rotatable bonds is 4. The van der Waals surface area contributed by atoms with Gasteiger partial charge < -0.3 is 15.2 Å². The van der Waals surface area contributed by atoms with Crippen molar-refractivity contribution in [3.05, 3.63) is 21.9 Å². The quantitative estimate of drug-likeness (QED) is 0.603. The lowest BCUT2D eigenvalue weighted by Gasteiger charge is -2.05. The molecule has 1 aromatic rings. The largest absolute Gasteiger partial charge is 0.476 e. The van der Waals surface area contributed by atoms with E-state index in [1.54, 1.807) is 6.92 Å². The summed E-state index contributed by atoms with van der Waals surface area (Å²) in [6.07, 6.45) is 0.652. The van der Waals surface area contributed by atoms with Crippen LogP contribution in [0.4, 0.5) is 5.82 Å². The maximum absolute atomic E-state index is 10.8. The molecule has 1 unspecified atom stereocenters. The van der Waals surface area contributed by atoms with Gasteiger partial charge in [-0.05, 0) is 18.3 Å². The van der Waals surface area contributed by atoms with Gasteiger partial charge in [-0.1, -0.05) is 6.92 Å². The minimum atomic E-state index is -1.21. The number of carboxylic acids is 1. The number of carboxylic acid groups (broad SMARTS) is 1. The summed E-state index contributed by atoms with van der Waals surface area (Å²) in [5.74, 6) is -1.65. The fourth-order valence-electron chi connectivity index (χ4n) is 1.14. The van der Waals surface area contributed by atoms with Gasteiger partial charge in [0.2, 0.25) is 0 Å². The number of aromatic nitrogens is 2. The van der Waals surface area contributed by atoms with Gasteiger partial charge in [0.15, 0.2) is 5.69 Å². The Labute approximate surface area is 85.5 Å². The van der Waals surface area contributed by atoms with E-state index in [9.17, 15) is 14.9 Å². The van der Waals surface area contributed by atoms with Gasteiger partial charge in [0.25, 0.3) is 0 Å². The van der Waals surface area contributed by atoms with E-state index in [4.69, 9.17) is 5.11 Å². The van der Waals surface area contributed by atoms with Crippen molar-refractivity contribution in [2.24, 2.45) is 0 Å². The summed E-state index contributed by atoms with van der Waals surface area (Å²) in [5.41, 5.74) is -0.156. The monoisotopic (exact) mass is 213 g/mol. The highest BCUT2D eigenvalue weighted by atomic mass is 16.6. The van der Waals surface area contributed by atoms with E-state index in [-0.39, 0.29) is 11.7 Å². The Morgan fingerprint density at radius 1 is 1.80 bits per heavy atom. The van der Waals surface area contributed by atoms with Crippen LogP contribution in [-0.4, -0.2) is 25.8 Å². The van der Waals surface area contributed by atoms with E-state index in [1.807, 2.05) is 6.92 Å². The summed E-state index contributed by atoms with van der Waals surface area (Å²) in [5, 5.41) is 22.9. The van der Waals surface area contributed by atoms with Gasteiger partial charge in [0.1, 0.15) is 0 Å². The first-order valence-corrected chi connectivity index (χ1v) is 4.44. The highest BCUT2D eigenvalue weighted by molar-refractivity contribution is 5.86. The normalized spacial score (nSPS) is 12.4. The fraction of sp³-hybridized carbons (Fsp3) is 0.500. The maximum atomic E-state index is 10.8. The lowest BCUT2D eigenvalue weighted by atomic mass is 10.2. The van der Waals surface area contributed by atoms with Crippen molar-refractivity contribution in [2.45, 2.75) is 26.3 Å². The molecule has 0 aliphatic carbocycles. The van der Waals surface area contributed by atoms with Crippen LogP contribution in [0.3, 0.4) is 0 Å². The molecule has 1 heterocycles. The zero-order chi connectivity index (χ0) is 11.6. The lowest BCUT2D eigenvalue weighted by molar-refractivity contribution is -0.389. The van der Waals surface area contributed by atoms with Crippen LogP contribution in [0.15, 0.2) is 6.07 Å². The molecule has 0 fully saturated rings. The molecule has 1 N–H and O–H groups in total. The molecule has 1 rings (SSSR count). The SMILES string of the molecule is CCC(C)n1nc([N+](=O)[O-])cc1C(=O)O. The highest BCUT2D eigenvalue weighted by Gasteiger charge is 2.25. The minimum Gasteiger partial charge on any atom is -0.476 e. The van der Waals surface area contributed by atoms with Crippen LogP contribution >= 0.6 is 0 Å². The van der Waals surface area contributed by atoms with Crippen LogP contribution in [0.25, 0.3) is 0 Å². The number of nitro groups is 1. The molecule has 15 heavy (non-hydrogen) atoms. The highest BCUT2D eigenvalue weighted by Crippen LogP contribution is 2.18. The van der Waals surface area contributed by atoms with Crippen molar-refractivity contribution in [3.8, 4) is 0 Å². The van der Waals surface area contributed by atoms with Gasteiger partial charge in [-0.2, -0.15) is 4.68 Å². The third-order valence-electron chi connectivity index (χ3n) is 2.14. The van der Waals surface area contributed by atoms with E-state index in [2.05, 4.69) is 5.10 Å². The van der Waals surface area contributed by atoms with Crippen LogP contribution < -0.4 is 0 Å². The van der Waals surface area contributed by atoms with Crippen LogP contribution in [0.1, 0.15) is 36.8 Å². The second-order valence-electron chi connectivity index (χ2n) is 3.15. The summed E-state index contributed by atoms with van der Waals surface area (Å²) in [7, 11) is 0. The second kappa shape index (κ2) is 4.07. The Kier molecular flexibility index (Phi) is 3.03. The number of carbonyl (C=O) groups is 1. The van der Waals surface area contributed by atoms with Crippen LogP contribution in [0.5, 0.6) is 0 Å². The van der Waals surface area contributed by atoms with Gasteiger partial charge >= 0.3 is 11.8 Å². The Balaban J connectivity index is 3.23. The molecule has 0 saturated heterocycles. The molecule has 1 aromatic heterocycles. The first-order valence-electron chi connectivity index (χ1n) is 4.44.